The topological polar surface area (TPSA) is 35.6 Å². The van der Waals surface area contributed by atoms with Crippen molar-refractivity contribution < 1.29 is 0 Å². The molecule has 338 valence electrons. The summed E-state index contributed by atoms with van der Waals surface area (Å²) >= 11 is 0. The van der Waals surface area contributed by atoms with E-state index in [-0.39, 0.29) is 0 Å². The molecule has 14 aromatic rings. The molecule has 0 aliphatic heterocycles. The van der Waals surface area contributed by atoms with Crippen LogP contribution in [0, 0.1) is 0 Å². The number of nitrogens with zero attached hydrogens (tertiary/aromatic N) is 4. The van der Waals surface area contributed by atoms with Crippen molar-refractivity contribution in [3.8, 4) is 67.5 Å². The predicted octanol–water partition coefficient (Wildman–Crippen LogP) is 17.2. The molecule has 0 saturated carbocycles. The van der Waals surface area contributed by atoms with Crippen LogP contribution in [0.1, 0.15) is 22.3 Å². The second kappa shape index (κ2) is 15.2. The highest BCUT2D eigenvalue weighted by Crippen LogP contribution is 2.64. The molecule has 4 heteroatoms. The van der Waals surface area contributed by atoms with Gasteiger partial charge in [0.05, 0.1) is 38.9 Å². The Bertz CT molecular complexity index is 4500. The molecule has 0 fully saturated rings. The smallest absolute Gasteiger partial charge is 0.235 e. The van der Waals surface area contributed by atoms with E-state index in [9.17, 15) is 0 Å². The molecular formula is C69H42N4. The molecule has 1 spiro atoms. The van der Waals surface area contributed by atoms with Gasteiger partial charge in [-0.3, -0.25) is 4.57 Å². The van der Waals surface area contributed by atoms with Gasteiger partial charge in [-0.05, 0) is 109 Å². The summed E-state index contributed by atoms with van der Waals surface area (Å²) in [4.78, 5) is 11.1. The minimum Gasteiger partial charge on any atom is -0.309 e. The third-order valence-electron chi connectivity index (χ3n) is 15.9. The minimum absolute atomic E-state index is 0.514. The molecule has 2 aliphatic carbocycles. The largest absolute Gasteiger partial charge is 0.309 e. The van der Waals surface area contributed by atoms with E-state index in [1.165, 1.54) is 77.1 Å². The summed E-state index contributed by atoms with van der Waals surface area (Å²) in [5.41, 5.74) is 21.5. The highest BCUT2D eigenvalue weighted by Gasteiger charge is 2.52. The van der Waals surface area contributed by atoms with Crippen LogP contribution in [0.4, 0.5) is 0 Å². The first-order valence-electron chi connectivity index (χ1n) is 25.2. The van der Waals surface area contributed by atoms with Crippen LogP contribution in [-0.2, 0) is 5.41 Å². The number of aromatic nitrogens is 4. The predicted molar refractivity (Wildman–Crippen MR) is 301 cm³/mol. The van der Waals surface area contributed by atoms with Gasteiger partial charge in [0.2, 0.25) is 5.95 Å². The lowest BCUT2D eigenvalue weighted by molar-refractivity contribution is 0.794. The van der Waals surface area contributed by atoms with Gasteiger partial charge in [0.25, 0.3) is 0 Å². The molecule has 4 nitrogen and oxygen atoms in total. The Kier molecular flexibility index (Phi) is 8.35. The van der Waals surface area contributed by atoms with Crippen molar-refractivity contribution in [1.82, 2.24) is 19.1 Å². The summed E-state index contributed by atoms with van der Waals surface area (Å²) < 4.78 is 4.79. The van der Waals surface area contributed by atoms with Crippen molar-refractivity contribution in [3.63, 3.8) is 0 Å². The van der Waals surface area contributed by atoms with Crippen molar-refractivity contribution >= 4 is 54.4 Å². The summed E-state index contributed by atoms with van der Waals surface area (Å²) in [7, 11) is 0. The van der Waals surface area contributed by atoms with Gasteiger partial charge in [0.1, 0.15) is 0 Å². The van der Waals surface area contributed by atoms with Crippen molar-refractivity contribution in [1.29, 1.82) is 0 Å². The highest BCUT2D eigenvalue weighted by atomic mass is 15.2. The summed E-state index contributed by atoms with van der Waals surface area (Å²) in [6.45, 7) is 0. The second-order valence-electron chi connectivity index (χ2n) is 19.6. The maximum atomic E-state index is 5.56. The fourth-order valence-corrected chi connectivity index (χ4v) is 12.9. The molecule has 2 aliphatic rings. The van der Waals surface area contributed by atoms with Gasteiger partial charge in [0, 0.05) is 43.9 Å². The van der Waals surface area contributed by atoms with Gasteiger partial charge in [-0.2, -0.15) is 0 Å². The van der Waals surface area contributed by atoms with Crippen LogP contribution in [0.15, 0.2) is 255 Å². The van der Waals surface area contributed by atoms with Crippen molar-refractivity contribution in [2.75, 3.05) is 0 Å². The number of hydrogen-bond donors (Lipinski definition) is 0. The summed E-state index contributed by atoms with van der Waals surface area (Å²) in [6, 6.07) is 93.2. The fraction of sp³-hybridized carbons (Fsp3) is 0.0145. The molecule has 3 heterocycles. The van der Waals surface area contributed by atoms with Crippen LogP contribution in [0.2, 0.25) is 0 Å². The van der Waals surface area contributed by atoms with E-state index >= 15 is 0 Å². The Morgan fingerprint density at radius 3 is 1.49 bits per heavy atom. The van der Waals surface area contributed by atoms with E-state index < -0.39 is 5.41 Å². The Labute approximate surface area is 421 Å². The first kappa shape index (κ1) is 40.1. The van der Waals surface area contributed by atoms with Crippen LogP contribution in [-0.4, -0.2) is 19.1 Å². The Morgan fingerprint density at radius 1 is 0.315 bits per heavy atom. The van der Waals surface area contributed by atoms with Crippen LogP contribution in [0.25, 0.3) is 122 Å². The number of hydrogen-bond acceptors (Lipinski definition) is 2. The van der Waals surface area contributed by atoms with Gasteiger partial charge >= 0.3 is 0 Å². The first-order chi connectivity index (χ1) is 36.2. The zero-order valence-electron chi connectivity index (χ0n) is 39.5. The highest BCUT2D eigenvalue weighted by molar-refractivity contribution is 6.22. The Balaban J connectivity index is 1.01. The molecule has 73 heavy (non-hydrogen) atoms. The van der Waals surface area contributed by atoms with Crippen LogP contribution in [0.5, 0.6) is 0 Å². The molecule has 0 bridgehead atoms. The van der Waals surface area contributed by atoms with Crippen molar-refractivity contribution in [3.05, 3.63) is 277 Å². The van der Waals surface area contributed by atoms with Crippen LogP contribution < -0.4 is 0 Å². The van der Waals surface area contributed by atoms with Gasteiger partial charge in [-0.25, -0.2) is 9.97 Å². The molecule has 3 aromatic heterocycles. The van der Waals surface area contributed by atoms with Gasteiger partial charge < -0.3 is 4.57 Å². The second-order valence-corrected chi connectivity index (χ2v) is 19.6. The van der Waals surface area contributed by atoms with Crippen LogP contribution in [0.3, 0.4) is 0 Å². The van der Waals surface area contributed by atoms with E-state index in [4.69, 9.17) is 9.97 Å². The summed E-state index contributed by atoms with van der Waals surface area (Å²) in [5, 5.41) is 7.28. The van der Waals surface area contributed by atoms with Gasteiger partial charge in [-0.15, -0.1) is 0 Å². The monoisotopic (exact) mass is 926 g/mol. The molecule has 11 aromatic carbocycles. The average molecular weight is 927 g/mol. The third kappa shape index (κ3) is 5.55. The quantitative estimate of drug-likeness (QED) is 0.172. The summed E-state index contributed by atoms with van der Waals surface area (Å²) in [6.07, 6.45) is 0. The molecule has 0 amide bonds. The maximum Gasteiger partial charge on any atom is 0.235 e. The van der Waals surface area contributed by atoms with E-state index in [0.29, 0.717) is 5.95 Å². The van der Waals surface area contributed by atoms with Crippen molar-refractivity contribution in [2.45, 2.75) is 5.41 Å². The zero-order chi connectivity index (χ0) is 47.8. The van der Waals surface area contributed by atoms with Gasteiger partial charge in [0.15, 0.2) is 0 Å². The lowest BCUT2D eigenvalue weighted by Crippen LogP contribution is -2.25. The third-order valence-corrected chi connectivity index (χ3v) is 15.9. The molecule has 0 saturated heterocycles. The maximum absolute atomic E-state index is 5.56. The first-order valence-corrected chi connectivity index (χ1v) is 25.2. The Morgan fingerprint density at radius 2 is 0.836 bits per heavy atom. The lowest BCUT2D eigenvalue weighted by atomic mass is 9.70. The van der Waals surface area contributed by atoms with Crippen LogP contribution >= 0.6 is 0 Å². The number of benzene rings is 11. The Hall–Kier alpha value is -9.64. The van der Waals surface area contributed by atoms with E-state index in [2.05, 4.69) is 264 Å². The molecule has 0 unspecified atom stereocenters. The number of para-hydroxylation sites is 1. The number of fused-ring (bicyclic) bond motifs is 19. The van der Waals surface area contributed by atoms with Gasteiger partial charge in [-0.1, -0.05) is 206 Å². The number of rotatable bonds is 5. The fourth-order valence-electron chi connectivity index (χ4n) is 12.9. The van der Waals surface area contributed by atoms with Crippen molar-refractivity contribution in [2.24, 2.45) is 0 Å². The lowest BCUT2D eigenvalue weighted by Gasteiger charge is -2.30. The molecule has 0 atom stereocenters. The molecule has 16 rings (SSSR count). The zero-order valence-corrected chi connectivity index (χ0v) is 39.5. The standard InChI is InChI=1S/C69H42N4/c1-4-19-44(20-5-1)60-42-61(45-21-6-2-7-22-45)71-68(70-60)73-62-37-33-46(47-34-38-63-55(41-47)65-49-25-11-10-18-43(49)32-39-64(65)72(63)48-23-8-3-9-24-48)40-54(62)52-35-36-59-66(67(52)73)53-28-14-17-31-58(53)69(59)56-29-15-12-26-50(56)51-27-13-16-30-57(51)69/h1-42H. The average Bonchev–Trinajstić information content (AvgIpc) is 4.26. The minimum atomic E-state index is -0.514. The van der Waals surface area contributed by atoms with E-state index in [1.54, 1.807) is 0 Å². The summed E-state index contributed by atoms with van der Waals surface area (Å²) in [5.74, 6) is 0.633. The molecular weight excluding hydrogens is 885 g/mol. The van der Waals surface area contributed by atoms with E-state index in [0.717, 1.165) is 61.1 Å². The molecule has 0 radical (unpaired) electrons. The van der Waals surface area contributed by atoms with E-state index in [1.807, 2.05) is 0 Å². The SMILES string of the molecule is c1ccc(-c2cc(-c3ccccc3)nc(-n3c4ccc(-c5ccc6c(c5)c5c7ccccc7ccc5n6-c5ccccc5)cc4c4ccc5c(c43)-c3ccccc3C53c4ccccc4-c4ccccc43)n2)cc1. The normalized spacial score (nSPS) is 13.0. The molecule has 0 N–H and O–H groups in total.